The molecule has 0 fully saturated rings. The lowest BCUT2D eigenvalue weighted by Crippen LogP contribution is -2.31. The minimum absolute atomic E-state index is 0.0101. The number of imidazole rings is 1. The molecular weight excluding hydrogens is 494 g/mol. The molecule has 1 aromatic heterocycles. The van der Waals surface area contributed by atoms with Crippen LogP contribution in [0.2, 0.25) is 0 Å². The number of carboxylic acids is 1. The van der Waals surface area contributed by atoms with Crippen molar-refractivity contribution in [1.82, 2.24) is 15.3 Å². The summed E-state index contributed by atoms with van der Waals surface area (Å²) >= 11 is 0. The molecule has 196 valence electrons. The Kier molecular flexibility index (Phi) is 7.38. The van der Waals surface area contributed by atoms with Gasteiger partial charge in [-0.15, -0.1) is 0 Å². The van der Waals surface area contributed by atoms with E-state index in [4.69, 9.17) is 14.5 Å². The minimum atomic E-state index is -1.14. The standard InChI is InChI=1S/C31H27N3O5/c1-38-18-28(19-8-4-3-5-9-19)34-30(35)20-12-14-23(25(16-20)31(36)37)22-10-6-7-11-24(22)29-32-26-15-13-21(39-2)17-27(26)33-29/h3-17,28H,18H2,1-2H3,(H,32,33)(H,34,35)(H,36,37)/t28-/m1/s1. The number of carbonyl (C=O) groups is 2. The van der Waals surface area contributed by atoms with E-state index < -0.39 is 11.9 Å². The van der Waals surface area contributed by atoms with Gasteiger partial charge < -0.3 is 24.9 Å². The highest BCUT2D eigenvalue weighted by Crippen LogP contribution is 2.34. The van der Waals surface area contributed by atoms with Gasteiger partial charge in [0.05, 0.1) is 36.4 Å². The topological polar surface area (TPSA) is 114 Å². The first kappa shape index (κ1) is 25.7. The lowest BCUT2D eigenvalue weighted by Gasteiger charge is -2.19. The van der Waals surface area contributed by atoms with Crippen molar-refractivity contribution >= 4 is 22.9 Å². The maximum atomic E-state index is 13.2. The summed E-state index contributed by atoms with van der Waals surface area (Å²) < 4.78 is 10.6. The molecule has 5 rings (SSSR count). The Morgan fingerprint density at radius 3 is 2.36 bits per heavy atom. The molecule has 0 radical (unpaired) electrons. The van der Waals surface area contributed by atoms with E-state index >= 15 is 0 Å². The molecule has 5 aromatic rings. The van der Waals surface area contributed by atoms with Crippen LogP contribution < -0.4 is 10.1 Å². The Bertz CT molecular complexity index is 1650. The molecule has 0 bridgehead atoms. The number of ether oxygens (including phenoxy) is 2. The van der Waals surface area contributed by atoms with Crippen LogP contribution in [0.1, 0.15) is 32.3 Å². The lowest BCUT2D eigenvalue weighted by atomic mass is 9.93. The molecule has 8 heteroatoms. The van der Waals surface area contributed by atoms with Crippen molar-refractivity contribution < 1.29 is 24.2 Å². The number of hydrogen-bond acceptors (Lipinski definition) is 5. The minimum Gasteiger partial charge on any atom is -0.497 e. The summed E-state index contributed by atoms with van der Waals surface area (Å²) in [4.78, 5) is 33.6. The summed E-state index contributed by atoms with van der Waals surface area (Å²) in [6, 6.07) is 26.8. The normalized spacial score (nSPS) is 11.7. The average Bonchev–Trinajstić information content (AvgIpc) is 3.40. The highest BCUT2D eigenvalue weighted by Gasteiger charge is 2.21. The van der Waals surface area contributed by atoms with Gasteiger partial charge in [0, 0.05) is 24.3 Å². The maximum absolute atomic E-state index is 13.2. The Balaban J connectivity index is 1.51. The number of aromatic nitrogens is 2. The number of carbonyl (C=O) groups excluding carboxylic acids is 1. The Labute approximate surface area is 225 Å². The fraction of sp³-hybridized carbons (Fsp3) is 0.129. The van der Waals surface area contributed by atoms with E-state index in [1.807, 2.05) is 72.8 Å². The van der Waals surface area contributed by atoms with Gasteiger partial charge in [-0.2, -0.15) is 0 Å². The number of rotatable bonds is 9. The number of hydrogen-bond donors (Lipinski definition) is 3. The van der Waals surface area contributed by atoms with Crippen molar-refractivity contribution in [3.05, 3.63) is 108 Å². The second-order valence-electron chi connectivity index (χ2n) is 8.97. The Morgan fingerprint density at radius 1 is 0.897 bits per heavy atom. The maximum Gasteiger partial charge on any atom is 0.336 e. The predicted octanol–water partition coefficient (Wildman–Crippen LogP) is 5.72. The molecule has 0 aliphatic heterocycles. The Hall–Kier alpha value is -4.95. The van der Waals surface area contributed by atoms with Gasteiger partial charge in [0.15, 0.2) is 0 Å². The van der Waals surface area contributed by atoms with Crippen LogP contribution in [-0.2, 0) is 4.74 Å². The summed E-state index contributed by atoms with van der Waals surface area (Å²) in [7, 11) is 3.16. The number of nitrogens with zero attached hydrogens (tertiary/aromatic N) is 1. The number of aromatic carboxylic acids is 1. The summed E-state index contributed by atoms with van der Waals surface area (Å²) in [5.74, 6) is -0.247. The van der Waals surface area contributed by atoms with E-state index in [-0.39, 0.29) is 23.8 Å². The third-order valence-corrected chi connectivity index (χ3v) is 6.52. The second-order valence-corrected chi connectivity index (χ2v) is 8.97. The van der Waals surface area contributed by atoms with Gasteiger partial charge in [-0.25, -0.2) is 9.78 Å². The third-order valence-electron chi connectivity index (χ3n) is 6.52. The van der Waals surface area contributed by atoms with Gasteiger partial charge in [-0.3, -0.25) is 4.79 Å². The van der Waals surface area contributed by atoms with E-state index in [1.54, 1.807) is 26.4 Å². The van der Waals surface area contributed by atoms with Crippen LogP contribution in [0.4, 0.5) is 0 Å². The van der Waals surface area contributed by atoms with Crippen LogP contribution in [0.15, 0.2) is 91.0 Å². The number of methoxy groups -OCH3 is 2. The molecule has 0 unspecified atom stereocenters. The van der Waals surface area contributed by atoms with Crippen LogP contribution in [0.3, 0.4) is 0 Å². The number of nitrogens with one attached hydrogen (secondary N) is 2. The van der Waals surface area contributed by atoms with Gasteiger partial charge in [-0.05, 0) is 41.0 Å². The van der Waals surface area contributed by atoms with Crippen molar-refractivity contribution in [2.24, 2.45) is 0 Å². The molecule has 1 atom stereocenters. The smallest absolute Gasteiger partial charge is 0.336 e. The van der Waals surface area contributed by atoms with E-state index in [1.165, 1.54) is 6.07 Å². The summed E-state index contributed by atoms with van der Waals surface area (Å²) in [6.07, 6.45) is 0. The zero-order valence-corrected chi connectivity index (χ0v) is 21.5. The molecule has 1 heterocycles. The Morgan fingerprint density at radius 2 is 1.64 bits per heavy atom. The van der Waals surface area contributed by atoms with Crippen LogP contribution in [-0.4, -0.2) is 47.8 Å². The van der Waals surface area contributed by atoms with Gasteiger partial charge in [-0.1, -0.05) is 60.7 Å². The number of fused-ring (bicyclic) bond motifs is 1. The first-order chi connectivity index (χ1) is 19.0. The molecule has 0 saturated heterocycles. The first-order valence-corrected chi connectivity index (χ1v) is 12.3. The molecule has 0 saturated carbocycles. The highest BCUT2D eigenvalue weighted by atomic mass is 16.5. The van der Waals surface area contributed by atoms with Gasteiger partial charge >= 0.3 is 5.97 Å². The number of H-pyrrole nitrogens is 1. The zero-order chi connectivity index (χ0) is 27.4. The van der Waals surface area contributed by atoms with Gasteiger partial charge in [0.25, 0.3) is 5.91 Å². The molecule has 4 aromatic carbocycles. The van der Waals surface area contributed by atoms with Crippen LogP contribution in [0.5, 0.6) is 5.75 Å². The summed E-state index contributed by atoms with van der Waals surface area (Å²) in [6.45, 7) is 0.274. The summed E-state index contributed by atoms with van der Waals surface area (Å²) in [5.41, 5.74) is 4.58. The first-order valence-electron chi connectivity index (χ1n) is 12.3. The molecular formula is C31H27N3O5. The highest BCUT2D eigenvalue weighted by molar-refractivity contribution is 6.03. The summed E-state index contributed by atoms with van der Waals surface area (Å²) in [5, 5.41) is 13.1. The van der Waals surface area contributed by atoms with E-state index in [2.05, 4.69) is 10.3 Å². The SMILES string of the molecule is COC[C@@H](NC(=O)c1ccc(-c2ccccc2-c2nc3cc(OC)ccc3[nH]2)c(C(=O)O)c1)c1ccccc1. The average molecular weight is 522 g/mol. The molecule has 1 amide bonds. The largest absolute Gasteiger partial charge is 0.497 e. The molecule has 0 aliphatic carbocycles. The number of carboxylic acid groups (broad SMARTS) is 1. The van der Waals surface area contributed by atoms with Crippen molar-refractivity contribution in [1.29, 1.82) is 0 Å². The van der Waals surface area contributed by atoms with Crippen LogP contribution in [0.25, 0.3) is 33.5 Å². The zero-order valence-electron chi connectivity index (χ0n) is 21.5. The van der Waals surface area contributed by atoms with Crippen LogP contribution in [0, 0.1) is 0 Å². The molecule has 8 nitrogen and oxygen atoms in total. The molecule has 0 spiro atoms. The van der Waals surface area contributed by atoms with Crippen LogP contribution >= 0.6 is 0 Å². The van der Waals surface area contributed by atoms with Crippen molar-refractivity contribution in [2.45, 2.75) is 6.04 Å². The van der Waals surface area contributed by atoms with Gasteiger partial charge in [0.1, 0.15) is 11.6 Å². The van der Waals surface area contributed by atoms with Gasteiger partial charge in [0.2, 0.25) is 0 Å². The fourth-order valence-corrected chi connectivity index (χ4v) is 4.58. The monoisotopic (exact) mass is 521 g/mol. The van der Waals surface area contributed by atoms with E-state index in [0.717, 1.165) is 22.2 Å². The fourth-order valence-electron chi connectivity index (χ4n) is 4.58. The van der Waals surface area contributed by atoms with Crippen molar-refractivity contribution in [2.75, 3.05) is 20.8 Å². The number of aromatic amines is 1. The van der Waals surface area contributed by atoms with Crippen molar-refractivity contribution in [3.63, 3.8) is 0 Å². The number of benzene rings is 4. The van der Waals surface area contributed by atoms with Crippen molar-refractivity contribution in [3.8, 4) is 28.3 Å². The lowest BCUT2D eigenvalue weighted by molar-refractivity contribution is 0.0697. The van der Waals surface area contributed by atoms with E-state index in [9.17, 15) is 14.7 Å². The second kappa shape index (κ2) is 11.2. The van der Waals surface area contributed by atoms with E-state index in [0.29, 0.717) is 22.7 Å². The quantitative estimate of drug-likeness (QED) is 0.229. The molecule has 0 aliphatic rings. The molecule has 39 heavy (non-hydrogen) atoms. The third kappa shape index (κ3) is 5.37. The predicted molar refractivity (Wildman–Crippen MR) is 149 cm³/mol. The number of amides is 1. The molecule has 3 N–H and O–H groups in total.